The topological polar surface area (TPSA) is 48.3 Å². The Morgan fingerprint density at radius 3 is 2.59 bits per heavy atom. The van der Waals surface area contributed by atoms with Crippen LogP contribution in [0.25, 0.3) is 0 Å². The number of piperazine rings is 1. The van der Waals surface area contributed by atoms with Crippen LogP contribution in [-0.2, 0) is 4.79 Å². The molecule has 27 heavy (non-hydrogen) atoms. The molecule has 146 valence electrons. The number of anilines is 1. The van der Waals surface area contributed by atoms with Crippen molar-refractivity contribution in [3.63, 3.8) is 0 Å². The second-order valence-corrected chi connectivity index (χ2v) is 8.10. The van der Waals surface area contributed by atoms with Crippen LogP contribution in [0.5, 0.6) is 0 Å². The fraction of sp³-hybridized carbons (Fsp3) is 0.619. The van der Waals surface area contributed by atoms with Gasteiger partial charge in [0.2, 0.25) is 0 Å². The quantitative estimate of drug-likeness (QED) is 0.783. The molecular formula is C21H31N4O2+. The first-order valence-electron chi connectivity index (χ1n) is 10.4. The summed E-state index contributed by atoms with van der Waals surface area (Å²) >= 11 is 0. The van der Waals surface area contributed by atoms with Gasteiger partial charge in [0.1, 0.15) is 6.04 Å². The van der Waals surface area contributed by atoms with E-state index in [9.17, 15) is 9.59 Å². The molecule has 3 aliphatic rings. The third kappa shape index (κ3) is 3.68. The van der Waals surface area contributed by atoms with Gasteiger partial charge in [0.15, 0.2) is 0 Å². The summed E-state index contributed by atoms with van der Waals surface area (Å²) in [6, 6.07) is 8.36. The highest BCUT2D eigenvalue weighted by Gasteiger charge is 2.45. The molecule has 3 fully saturated rings. The van der Waals surface area contributed by atoms with Crippen LogP contribution < -0.4 is 9.80 Å². The second-order valence-electron chi connectivity index (χ2n) is 8.10. The number of rotatable bonds is 5. The highest BCUT2D eigenvalue weighted by atomic mass is 16.2. The van der Waals surface area contributed by atoms with Crippen LogP contribution in [-0.4, -0.2) is 73.6 Å². The third-order valence-electron chi connectivity index (χ3n) is 6.37. The predicted octanol–water partition coefficient (Wildman–Crippen LogP) is 0.907. The number of urea groups is 1. The first-order chi connectivity index (χ1) is 13.1. The lowest BCUT2D eigenvalue weighted by molar-refractivity contribution is -0.900. The van der Waals surface area contributed by atoms with Crippen LogP contribution in [0, 0.1) is 6.92 Å². The molecule has 3 amide bonds. The molecule has 1 atom stereocenters. The van der Waals surface area contributed by atoms with Crippen molar-refractivity contribution in [3.05, 3.63) is 29.8 Å². The van der Waals surface area contributed by atoms with Gasteiger partial charge in [0, 0.05) is 25.2 Å². The SMILES string of the molecule is Cc1ccccc1N1CC[NH+](CCCN2C(=O)[C@@H]3CCCCN3C2=O)CC1. The Labute approximate surface area is 161 Å². The maximum Gasteiger partial charge on any atom is 0.327 e. The van der Waals surface area contributed by atoms with E-state index in [1.165, 1.54) is 16.2 Å². The predicted molar refractivity (Wildman–Crippen MR) is 105 cm³/mol. The number of hydrogen-bond donors (Lipinski definition) is 1. The monoisotopic (exact) mass is 371 g/mol. The maximum atomic E-state index is 12.5. The van der Waals surface area contributed by atoms with Gasteiger partial charge in [0.25, 0.3) is 5.91 Å². The van der Waals surface area contributed by atoms with Crippen molar-refractivity contribution in [1.82, 2.24) is 9.80 Å². The average Bonchev–Trinajstić information content (AvgIpc) is 2.94. The summed E-state index contributed by atoms with van der Waals surface area (Å²) < 4.78 is 0. The van der Waals surface area contributed by atoms with Crippen LogP contribution in [0.15, 0.2) is 24.3 Å². The Morgan fingerprint density at radius 2 is 1.85 bits per heavy atom. The van der Waals surface area contributed by atoms with Gasteiger partial charge in [-0.2, -0.15) is 0 Å². The molecule has 4 rings (SSSR count). The number of nitrogens with one attached hydrogen (secondary N) is 1. The Bertz CT molecular complexity index is 675. The van der Waals surface area contributed by atoms with Crippen molar-refractivity contribution in [2.24, 2.45) is 0 Å². The lowest BCUT2D eigenvalue weighted by atomic mass is 10.0. The Morgan fingerprint density at radius 1 is 1.07 bits per heavy atom. The Kier molecular flexibility index (Phi) is 5.34. The number of carbonyl (C=O) groups is 2. The van der Waals surface area contributed by atoms with Crippen molar-refractivity contribution in [3.8, 4) is 0 Å². The highest BCUT2D eigenvalue weighted by Crippen LogP contribution is 2.26. The third-order valence-corrected chi connectivity index (χ3v) is 6.37. The number of imide groups is 1. The molecule has 3 aliphatic heterocycles. The molecule has 6 heteroatoms. The fourth-order valence-corrected chi connectivity index (χ4v) is 4.77. The number of aryl methyl sites for hydroxylation is 1. The number of fused-ring (bicyclic) bond motifs is 1. The molecule has 0 unspecified atom stereocenters. The molecule has 1 aromatic rings. The summed E-state index contributed by atoms with van der Waals surface area (Å²) in [5, 5.41) is 0. The summed E-state index contributed by atoms with van der Waals surface area (Å²) in [5.74, 6) is 0.0408. The van der Waals surface area contributed by atoms with E-state index >= 15 is 0 Å². The van der Waals surface area contributed by atoms with E-state index in [2.05, 4.69) is 36.1 Å². The summed E-state index contributed by atoms with van der Waals surface area (Å²) in [7, 11) is 0. The minimum Gasteiger partial charge on any atom is -0.360 e. The van der Waals surface area contributed by atoms with Gasteiger partial charge >= 0.3 is 6.03 Å². The van der Waals surface area contributed by atoms with Gasteiger partial charge in [-0.1, -0.05) is 18.2 Å². The van der Waals surface area contributed by atoms with Crippen LogP contribution in [0.1, 0.15) is 31.2 Å². The van der Waals surface area contributed by atoms with Crippen molar-refractivity contribution in [2.75, 3.05) is 50.7 Å². The normalized spacial score (nSPS) is 23.9. The number of hydrogen-bond acceptors (Lipinski definition) is 3. The van der Waals surface area contributed by atoms with E-state index in [1.54, 1.807) is 9.80 Å². The standard InChI is InChI=1S/C21H30N4O2/c1-17-7-2-3-8-18(17)23-15-13-22(14-16-23)10-6-12-25-20(26)19-9-4-5-11-24(19)21(25)27/h2-3,7-8,19H,4-6,9-16H2,1H3/p+1/t19-/m0/s1. The lowest BCUT2D eigenvalue weighted by Gasteiger charge is -2.34. The van der Waals surface area contributed by atoms with Crippen molar-refractivity contribution >= 4 is 17.6 Å². The molecule has 3 saturated heterocycles. The molecule has 0 radical (unpaired) electrons. The minimum absolute atomic E-state index is 0.0408. The Balaban J connectivity index is 1.23. The molecular weight excluding hydrogens is 340 g/mol. The first kappa shape index (κ1) is 18.3. The van der Waals surface area contributed by atoms with Crippen molar-refractivity contribution in [2.45, 2.75) is 38.6 Å². The number of nitrogens with zero attached hydrogens (tertiary/aromatic N) is 3. The molecule has 1 aromatic carbocycles. The number of piperidine rings is 1. The number of amides is 3. The van der Waals surface area contributed by atoms with Gasteiger partial charge in [-0.25, -0.2) is 4.79 Å². The van der Waals surface area contributed by atoms with Crippen LogP contribution in [0.3, 0.4) is 0 Å². The highest BCUT2D eigenvalue weighted by molar-refractivity contribution is 6.04. The summed E-state index contributed by atoms with van der Waals surface area (Å²) in [5.41, 5.74) is 2.69. The van der Waals surface area contributed by atoms with Gasteiger partial charge in [-0.05, 0) is 37.8 Å². The smallest absolute Gasteiger partial charge is 0.327 e. The molecule has 0 spiro atoms. The van der Waals surface area contributed by atoms with Crippen LogP contribution in [0.4, 0.5) is 10.5 Å². The van der Waals surface area contributed by atoms with Gasteiger partial charge in [-0.3, -0.25) is 9.69 Å². The number of para-hydroxylation sites is 1. The van der Waals surface area contributed by atoms with E-state index in [0.717, 1.165) is 65.0 Å². The van der Waals surface area contributed by atoms with E-state index in [0.29, 0.717) is 6.54 Å². The Hall–Kier alpha value is -2.08. The van der Waals surface area contributed by atoms with E-state index in [1.807, 2.05) is 0 Å². The molecule has 6 nitrogen and oxygen atoms in total. The fourth-order valence-electron chi connectivity index (χ4n) is 4.77. The summed E-state index contributed by atoms with van der Waals surface area (Å²) in [6.45, 7) is 8.90. The largest absolute Gasteiger partial charge is 0.360 e. The van der Waals surface area contributed by atoms with Crippen LogP contribution in [0.2, 0.25) is 0 Å². The van der Waals surface area contributed by atoms with Gasteiger partial charge in [-0.15, -0.1) is 0 Å². The maximum absolute atomic E-state index is 12.5. The van der Waals surface area contributed by atoms with Gasteiger partial charge < -0.3 is 14.7 Å². The van der Waals surface area contributed by atoms with Gasteiger partial charge in [0.05, 0.1) is 32.7 Å². The molecule has 3 heterocycles. The molecule has 1 N–H and O–H groups in total. The number of benzene rings is 1. The van der Waals surface area contributed by atoms with Crippen molar-refractivity contribution < 1.29 is 14.5 Å². The zero-order valence-corrected chi connectivity index (χ0v) is 16.3. The average molecular weight is 372 g/mol. The first-order valence-corrected chi connectivity index (χ1v) is 10.4. The van der Waals surface area contributed by atoms with E-state index < -0.39 is 0 Å². The van der Waals surface area contributed by atoms with Crippen molar-refractivity contribution in [1.29, 1.82) is 0 Å². The summed E-state index contributed by atoms with van der Waals surface area (Å²) in [6.07, 6.45) is 3.83. The lowest BCUT2D eigenvalue weighted by Crippen LogP contribution is -3.15. The number of carbonyl (C=O) groups excluding carboxylic acids is 2. The zero-order chi connectivity index (χ0) is 18.8. The molecule has 0 saturated carbocycles. The minimum atomic E-state index is -0.170. The zero-order valence-electron chi connectivity index (χ0n) is 16.3. The molecule has 0 bridgehead atoms. The summed E-state index contributed by atoms with van der Waals surface area (Å²) in [4.78, 5) is 32.4. The van der Waals surface area contributed by atoms with E-state index in [4.69, 9.17) is 0 Å². The molecule has 0 aliphatic carbocycles. The molecule has 0 aromatic heterocycles. The second kappa shape index (κ2) is 7.89. The number of quaternary nitrogens is 1. The van der Waals surface area contributed by atoms with Crippen LogP contribution >= 0.6 is 0 Å². The van der Waals surface area contributed by atoms with E-state index in [-0.39, 0.29) is 18.0 Å².